The van der Waals surface area contributed by atoms with Gasteiger partial charge in [-0.1, -0.05) is 63.4 Å². The summed E-state index contributed by atoms with van der Waals surface area (Å²) in [5.41, 5.74) is 0.982. The lowest BCUT2D eigenvalue weighted by molar-refractivity contribution is -0.130. The van der Waals surface area contributed by atoms with E-state index in [1.807, 2.05) is 44.2 Å². The van der Waals surface area contributed by atoms with Gasteiger partial charge >= 0.3 is 0 Å². The van der Waals surface area contributed by atoms with Crippen LogP contribution in [-0.4, -0.2) is 48.9 Å². The zero-order valence-corrected chi connectivity index (χ0v) is 17.3. The molecule has 5 nitrogen and oxygen atoms in total. The monoisotopic (exact) mass is 373 g/mol. The summed E-state index contributed by atoms with van der Waals surface area (Å²) in [7, 11) is 4.19. The van der Waals surface area contributed by atoms with Crippen molar-refractivity contribution in [2.75, 3.05) is 20.6 Å². The number of likely N-dealkylation sites (N-methyl/N-ethyl adjacent to an activating group) is 1. The smallest absolute Gasteiger partial charge is 0.242 e. The van der Waals surface area contributed by atoms with Crippen molar-refractivity contribution >= 4 is 11.8 Å². The lowest BCUT2D eigenvalue weighted by Gasteiger charge is -2.43. The average molecular weight is 374 g/mol. The van der Waals surface area contributed by atoms with Crippen LogP contribution in [0.5, 0.6) is 0 Å². The SMILES string of the molecule is CC(C)C(NC(=O)Cc1ccccc1)C(=O)NCC1(N(C)C)CCCCC1. The molecule has 1 aromatic carbocycles. The van der Waals surface area contributed by atoms with Gasteiger partial charge in [0.2, 0.25) is 11.8 Å². The zero-order valence-electron chi connectivity index (χ0n) is 17.3. The number of hydrogen-bond acceptors (Lipinski definition) is 3. The topological polar surface area (TPSA) is 61.4 Å². The summed E-state index contributed by atoms with van der Waals surface area (Å²) < 4.78 is 0. The molecule has 5 heteroatoms. The van der Waals surface area contributed by atoms with Crippen molar-refractivity contribution in [2.24, 2.45) is 5.92 Å². The van der Waals surface area contributed by atoms with E-state index in [0.29, 0.717) is 13.0 Å². The van der Waals surface area contributed by atoms with Crippen molar-refractivity contribution < 1.29 is 9.59 Å². The highest BCUT2D eigenvalue weighted by Crippen LogP contribution is 2.31. The summed E-state index contributed by atoms with van der Waals surface area (Å²) in [6.07, 6.45) is 6.18. The minimum absolute atomic E-state index is 0.0312. The van der Waals surface area contributed by atoms with Crippen LogP contribution in [-0.2, 0) is 16.0 Å². The predicted octanol–water partition coefficient (Wildman–Crippen LogP) is 2.75. The van der Waals surface area contributed by atoms with Gasteiger partial charge in [-0.15, -0.1) is 0 Å². The van der Waals surface area contributed by atoms with E-state index < -0.39 is 6.04 Å². The predicted molar refractivity (Wildman–Crippen MR) is 109 cm³/mol. The molecule has 0 spiro atoms. The van der Waals surface area contributed by atoms with Crippen molar-refractivity contribution in [3.8, 4) is 0 Å². The Morgan fingerprint density at radius 3 is 2.26 bits per heavy atom. The van der Waals surface area contributed by atoms with Crippen LogP contribution in [0.15, 0.2) is 30.3 Å². The summed E-state index contributed by atoms with van der Waals surface area (Å²) in [4.78, 5) is 27.5. The molecule has 1 saturated carbocycles. The van der Waals surface area contributed by atoms with Crippen LogP contribution in [0.4, 0.5) is 0 Å². The number of carbonyl (C=O) groups excluding carboxylic acids is 2. The molecule has 0 heterocycles. The fourth-order valence-corrected chi connectivity index (χ4v) is 3.89. The normalized spacial score (nSPS) is 17.6. The van der Waals surface area contributed by atoms with Gasteiger partial charge in [-0.05, 0) is 38.4 Å². The molecule has 0 aliphatic heterocycles. The summed E-state index contributed by atoms with van der Waals surface area (Å²) in [5, 5.41) is 6.06. The van der Waals surface area contributed by atoms with Gasteiger partial charge in [-0.3, -0.25) is 9.59 Å². The second-order valence-corrected chi connectivity index (χ2v) is 8.35. The van der Waals surface area contributed by atoms with Crippen molar-refractivity contribution in [3.05, 3.63) is 35.9 Å². The molecule has 1 unspecified atom stereocenters. The van der Waals surface area contributed by atoms with E-state index in [9.17, 15) is 9.59 Å². The van der Waals surface area contributed by atoms with Crippen LogP contribution in [0, 0.1) is 5.92 Å². The standard InChI is InChI=1S/C22H35N3O2/c1-17(2)20(24-19(26)15-18-11-7-5-8-12-18)21(27)23-16-22(25(3)4)13-9-6-10-14-22/h5,7-8,11-12,17,20H,6,9-10,13-16H2,1-4H3,(H,23,27)(H,24,26). The van der Waals surface area contributed by atoms with E-state index in [-0.39, 0.29) is 23.3 Å². The number of amides is 2. The Hall–Kier alpha value is -1.88. The third kappa shape index (κ3) is 6.06. The molecule has 0 aromatic heterocycles. The van der Waals surface area contributed by atoms with Crippen LogP contribution in [0.2, 0.25) is 0 Å². The van der Waals surface area contributed by atoms with Crippen molar-refractivity contribution in [2.45, 2.75) is 64.0 Å². The first-order valence-electron chi connectivity index (χ1n) is 10.1. The molecule has 2 rings (SSSR count). The first-order valence-corrected chi connectivity index (χ1v) is 10.1. The van der Waals surface area contributed by atoms with Gasteiger partial charge in [-0.25, -0.2) is 0 Å². The molecule has 1 aromatic rings. The average Bonchev–Trinajstić information content (AvgIpc) is 2.65. The fourth-order valence-electron chi connectivity index (χ4n) is 3.89. The van der Waals surface area contributed by atoms with Crippen molar-refractivity contribution in [1.29, 1.82) is 0 Å². The second kappa shape index (κ2) is 9.88. The Morgan fingerprint density at radius 1 is 1.07 bits per heavy atom. The molecular formula is C22H35N3O2. The van der Waals surface area contributed by atoms with E-state index in [0.717, 1.165) is 18.4 Å². The summed E-state index contributed by atoms with van der Waals surface area (Å²) in [6, 6.07) is 9.10. The molecule has 2 amide bonds. The highest BCUT2D eigenvalue weighted by molar-refractivity contribution is 5.88. The van der Waals surface area contributed by atoms with Gasteiger partial charge in [0.25, 0.3) is 0 Å². The number of carbonyl (C=O) groups is 2. The maximum absolute atomic E-state index is 12.8. The number of rotatable bonds is 8. The van der Waals surface area contributed by atoms with Gasteiger partial charge in [0, 0.05) is 12.1 Å². The third-order valence-corrected chi connectivity index (χ3v) is 5.80. The number of nitrogens with one attached hydrogen (secondary N) is 2. The van der Waals surface area contributed by atoms with Crippen LogP contribution in [0.1, 0.15) is 51.5 Å². The highest BCUT2D eigenvalue weighted by atomic mass is 16.2. The van der Waals surface area contributed by atoms with E-state index in [1.54, 1.807) is 0 Å². The number of nitrogens with zero attached hydrogens (tertiary/aromatic N) is 1. The number of benzene rings is 1. The van der Waals surface area contributed by atoms with E-state index in [2.05, 4.69) is 29.6 Å². The Bertz CT molecular complexity index is 607. The molecule has 0 bridgehead atoms. The Kier molecular flexibility index (Phi) is 7.84. The molecule has 1 fully saturated rings. The lowest BCUT2D eigenvalue weighted by Crippen LogP contribution is -2.57. The highest BCUT2D eigenvalue weighted by Gasteiger charge is 2.35. The van der Waals surface area contributed by atoms with Crippen LogP contribution in [0.25, 0.3) is 0 Å². The molecule has 150 valence electrons. The van der Waals surface area contributed by atoms with E-state index in [4.69, 9.17) is 0 Å². The van der Waals surface area contributed by atoms with Crippen LogP contribution in [0.3, 0.4) is 0 Å². The number of hydrogen-bond donors (Lipinski definition) is 2. The summed E-state index contributed by atoms with van der Waals surface area (Å²) in [5.74, 6) is -0.167. The molecule has 2 N–H and O–H groups in total. The summed E-state index contributed by atoms with van der Waals surface area (Å²) >= 11 is 0. The maximum Gasteiger partial charge on any atom is 0.242 e. The largest absolute Gasteiger partial charge is 0.352 e. The Labute approximate surface area is 163 Å². The molecule has 0 saturated heterocycles. The Balaban J connectivity index is 1.94. The Morgan fingerprint density at radius 2 is 1.70 bits per heavy atom. The van der Waals surface area contributed by atoms with Gasteiger partial charge < -0.3 is 15.5 Å². The quantitative estimate of drug-likeness (QED) is 0.737. The summed E-state index contributed by atoms with van der Waals surface area (Å²) in [6.45, 7) is 4.57. The first-order chi connectivity index (χ1) is 12.8. The van der Waals surface area contributed by atoms with Crippen LogP contribution < -0.4 is 10.6 Å². The molecule has 1 atom stereocenters. The zero-order chi connectivity index (χ0) is 19.9. The minimum atomic E-state index is -0.510. The van der Waals surface area contributed by atoms with Gasteiger partial charge in [0.15, 0.2) is 0 Å². The van der Waals surface area contributed by atoms with Gasteiger partial charge in [-0.2, -0.15) is 0 Å². The molecular weight excluding hydrogens is 338 g/mol. The van der Waals surface area contributed by atoms with Crippen molar-refractivity contribution in [1.82, 2.24) is 15.5 Å². The molecule has 1 aliphatic carbocycles. The maximum atomic E-state index is 12.8. The molecule has 0 radical (unpaired) electrons. The van der Waals surface area contributed by atoms with E-state index >= 15 is 0 Å². The molecule has 27 heavy (non-hydrogen) atoms. The minimum Gasteiger partial charge on any atom is -0.352 e. The van der Waals surface area contributed by atoms with Crippen LogP contribution >= 0.6 is 0 Å². The van der Waals surface area contributed by atoms with Crippen molar-refractivity contribution in [3.63, 3.8) is 0 Å². The van der Waals surface area contributed by atoms with Gasteiger partial charge in [0.1, 0.15) is 6.04 Å². The lowest BCUT2D eigenvalue weighted by atomic mass is 9.80. The van der Waals surface area contributed by atoms with Gasteiger partial charge in [0.05, 0.1) is 6.42 Å². The fraction of sp³-hybridized carbons (Fsp3) is 0.636. The first kappa shape index (κ1) is 21.4. The van der Waals surface area contributed by atoms with E-state index in [1.165, 1.54) is 19.3 Å². The third-order valence-electron chi connectivity index (χ3n) is 5.80. The molecule has 1 aliphatic rings. The second-order valence-electron chi connectivity index (χ2n) is 8.35.